The van der Waals surface area contributed by atoms with Crippen LogP contribution in [0.5, 0.6) is 0 Å². The van der Waals surface area contributed by atoms with Crippen molar-refractivity contribution in [1.82, 2.24) is 4.90 Å². The standard InChI is InChI=1S/C19H19NO/c1-2-12-20-13-18-16-10-6-7-11-17(16)19(14-20,21-18)15-8-4-3-5-9-15/h2-11,18H,1,12-14H2. The van der Waals surface area contributed by atoms with Crippen LogP contribution in [0.3, 0.4) is 0 Å². The molecule has 2 aromatic carbocycles. The number of fused-ring (bicyclic) bond motifs is 5. The van der Waals surface area contributed by atoms with Gasteiger partial charge in [0.15, 0.2) is 0 Å². The summed E-state index contributed by atoms with van der Waals surface area (Å²) in [5.41, 5.74) is 3.58. The Morgan fingerprint density at radius 2 is 1.90 bits per heavy atom. The highest BCUT2D eigenvalue weighted by Gasteiger charge is 2.50. The summed E-state index contributed by atoms with van der Waals surface area (Å²) in [7, 11) is 0. The lowest BCUT2D eigenvalue weighted by atomic mass is 9.85. The van der Waals surface area contributed by atoms with E-state index in [1.165, 1.54) is 16.7 Å². The zero-order valence-electron chi connectivity index (χ0n) is 12.0. The van der Waals surface area contributed by atoms with Crippen LogP contribution in [-0.2, 0) is 10.3 Å². The first kappa shape index (κ1) is 12.8. The molecule has 21 heavy (non-hydrogen) atoms. The third-order valence-corrected chi connectivity index (χ3v) is 4.58. The van der Waals surface area contributed by atoms with E-state index in [0.717, 1.165) is 19.6 Å². The first-order chi connectivity index (χ1) is 10.3. The number of hydrogen-bond donors (Lipinski definition) is 0. The molecule has 2 aliphatic heterocycles. The minimum Gasteiger partial charge on any atom is -0.355 e. The Morgan fingerprint density at radius 1 is 1.14 bits per heavy atom. The summed E-state index contributed by atoms with van der Waals surface area (Å²) >= 11 is 0. The number of ether oxygens (including phenoxy) is 1. The molecule has 2 heteroatoms. The molecule has 2 unspecified atom stereocenters. The van der Waals surface area contributed by atoms with Crippen LogP contribution in [0.15, 0.2) is 67.3 Å². The average molecular weight is 277 g/mol. The minimum atomic E-state index is -0.330. The van der Waals surface area contributed by atoms with Gasteiger partial charge in [0.1, 0.15) is 5.60 Å². The van der Waals surface area contributed by atoms with E-state index in [4.69, 9.17) is 4.74 Å². The molecule has 0 saturated carbocycles. The zero-order valence-corrected chi connectivity index (χ0v) is 12.0. The van der Waals surface area contributed by atoms with E-state index in [-0.39, 0.29) is 11.7 Å². The molecule has 2 nitrogen and oxygen atoms in total. The van der Waals surface area contributed by atoms with Gasteiger partial charge < -0.3 is 4.74 Å². The van der Waals surface area contributed by atoms with Crippen LogP contribution < -0.4 is 0 Å². The van der Waals surface area contributed by atoms with E-state index in [9.17, 15) is 0 Å². The molecular weight excluding hydrogens is 258 g/mol. The Hall–Kier alpha value is -1.90. The largest absolute Gasteiger partial charge is 0.355 e. The maximum Gasteiger partial charge on any atom is 0.132 e. The van der Waals surface area contributed by atoms with E-state index in [1.54, 1.807) is 0 Å². The molecular formula is C19H19NO. The van der Waals surface area contributed by atoms with E-state index >= 15 is 0 Å². The van der Waals surface area contributed by atoms with Crippen molar-refractivity contribution in [3.05, 3.63) is 83.9 Å². The lowest BCUT2D eigenvalue weighted by molar-refractivity contribution is -0.116. The van der Waals surface area contributed by atoms with E-state index in [2.05, 4.69) is 66.1 Å². The second kappa shape index (κ2) is 4.83. The summed E-state index contributed by atoms with van der Waals surface area (Å²) < 4.78 is 6.54. The molecule has 4 rings (SSSR count). The van der Waals surface area contributed by atoms with Gasteiger partial charge in [-0.25, -0.2) is 0 Å². The average Bonchev–Trinajstić information content (AvgIpc) is 2.78. The molecule has 2 atom stereocenters. The fourth-order valence-corrected chi connectivity index (χ4v) is 3.73. The van der Waals surface area contributed by atoms with Gasteiger partial charge in [-0.15, -0.1) is 6.58 Å². The number of rotatable bonds is 3. The fraction of sp³-hybridized carbons (Fsp3) is 0.263. The molecule has 0 aromatic heterocycles. The number of nitrogens with zero attached hydrogens (tertiary/aromatic N) is 1. The topological polar surface area (TPSA) is 12.5 Å². The summed E-state index contributed by atoms with van der Waals surface area (Å²) in [5.74, 6) is 0. The third-order valence-electron chi connectivity index (χ3n) is 4.58. The molecule has 2 bridgehead atoms. The maximum absolute atomic E-state index is 6.54. The molecule has 0 radical (unpaired) electrons. The monoisotopic (exact) mass is 277 g/mol. The molecule has 1 saturated heterocycles. The second-order valence-electron chi connectivity index (χ2n) is 5.87. The molecule has 0 amide bonds. The van der Waals surface area contributed by atoms with Crippen molar-refractivity contribution in [3.63, 3.8) is 0 Å². The van der Waals surface area contributed by atoms with Gasteiger partial charge in [-0.3, -0.25) is 4.90 Å². The van der Waals surface area contributed by atoms with Crippen molar-refractivity contribution in [3.8, 4) is 0 Å². The Bertz CT molecular complexity index is 666. The van der Waals surface area contributed by atoms with Gasteiger partial charge in [0, 0.05) is 19.6 Å². The van der Waals surface area contributed by atoms with Crippen LogP contribution in [0.2, 0.25) is 0 Å². The lowest BCUT2D eigenvalue weighted by Crippen LogP contribution is -2.47. The molecule has 106 valence electrons. The minimum absolute atomic E-state index is 0.162. The highest BCUT2D eigenvalue weighted by Crippen LogP contribution is 2.50. The van der Waals surface area contributed by atoms with Gasteiger partial charge in [-0.1, -0.05) is 60.7 Å². The van der Waals surface area contributed by atoms with Gasteiger partial charge in [0.05, 0.1) is 6.10 Å². The summed E-state index contributed by atoms with van der Waals surface area (Å²) in [6.45, 7) is 6.62. The Labute approximate surface area is 125 Å². The number of hydrogen-bond acceptors (Lipinski definition) is 2. The van der Waals surface area contributed by atoms with Crippen molar-refractivity contribution >= 4 is 0 Å². The molecule has 1 fully saturated rings. The van der Waals surface area contributed by atoms with Crippen molar-refractivity contribution in [2.45, 2.75) is 11.7 Å². The summed E-state index contributed by atoms with van der Waals surface area (Å²) in [4.78, 5) is 2.44. The van der Waals surface area contributed by atoms with Crippen LogP contribution in [0.4, 0.5) is 0 Å². The Balaban J connectivity index is 1.87. The first-order valence-electron chi connectivity index (χ1n) is 7.49. The van der Waals surface area contributed by atoms with Crippen LogP contribution in [-0.4, -0.2) is 24.5 Å². The molecule has 2 aliphatic rings. The SMILES string of the molecule is C=CCN1CC2OC(c3ccccc3)(C1)c1ccccc12. The summed E-state index contributed by atoms with van der Waals surface area (Å²) in [6.07, 6.45) is 2.14. The van der Waals surface area contributed by atoms with Crippen molar-refractivity contribution in [2.75, 3.05) is 19.6 Å². The molecule has 2 aromatic rings. The summed E-state index contributed by atoms with van der Waals surface area (Å²) in [5, 5.41) is 0. The predicted molar refractivity (Wildman–Crippen MR) is 84.1 cm³/mol. The summed E-state index contributed by atoms with van der Waals surface area (Å²) in [6, 6.07) is 19.3. The van der Waals surface area contributed by atoms with Gasteiger partial charge in [0.25, 0.3) is 0 Å². The Morgan fingerprint density at radius 3 is 2.71 bits per heavy atom. The van der Waals surface area contributed by atoms with Crippen LogP contribution in [0.1, 0.15) is 22.8 Å². The van der Waals surface area contributed by atoms with Gasteiger partial charge in [-0.05, 0) is 16.7 Å². The fourth-order valence-electron chi connectivity index (χ4n) is 3.73. The van der Waals surface area contributed by atoms with Crippen LogP contribution >= 0.6 is 0 Å². The van der Waals surface area contributed by atoms with Crippen LogP contribution in [0, 0.1) is 0 Å². The maximum atomic E-state index is 6.54. The van der Waals surface area contributed by atoms with E-state index in [0.29, 0.717) is 0 Å². The normalized spacial score (nSPS) is 27.3. The third kappa shape index (κ3) is 1.87. The van der Waals surface area contributed by atoms with Crippen LogP contribution in [0.25, 0.3) is 0 Å². The predicted octanol–water partition coefficient (Wildman–Crippen LogP) is 3.50. The highest BCUT2D eigenvalue weighted by molar-refractivity contribution is 5.47. The number of morpholine rings is 1. The lowest BCUT2D eigenvalue weighted by Gasteiger charge is -2.41. The smallest absolute Gasteiger partial charge is 0.132 e. The highest BCUT2D eigenvalue weighted by atomic mass is 16.5. The van der Waals surface area contributed by atoms with Gasteiger partial charge in [-0.2, -0.15) is 0 Å². The molecule has 0 spiro atoms. The van der Waals surface area contributed by atoms with E-state index < -0.39 is 0 Å². The molecule has 2 heterocycles. The molecule has 0 N–H and O–H groups in total. The van der Waals surface area contributed by atoms with Crippen molar-refractivity contribution in [1.29, 1.82) is 0 Å². The van der Waals surface area contributed by atoms with E-state index in [1.807, 2.05) is 6.08 Å². The first-order valence-corrected chi connectivity index (χ1v) is 7.49. The van der Waals surface area contributed by atoms with Gasteiger partial charge in [0.2, 0.25) is 0 Å². The second-order valence-corrected chi connectivity index (χ2v) is 5.87. The quantitative estimate of drug-likeness (QED) is 0.796. The van der Waals surface area contributed by atoms with Crippen molar-refractivity contribution in [2.24, 2.45) is 0 Å². The van der Waals surface area contributed by atoms with Gasteiger partial charge >= 0.3 is 0 Å². The Kier molecular flexibility index (Phi) is 2.95. The van der Waals surface area contributed by atoms with Crippen molar-refractivity contribution < 1.29 is 4.74 Å². The number of benzene rings is 2. The molecule has 0 aliphatic carbocycles. The zero-order chi connectivity index (χ0) is 14.3.